The molecule has 0 bridgehead atoms. The van der Waals surface area contributed by atoms with E-state index in [1.807, 2.05) is 26.8 Å². The highest BCUT2D eigenvalue weighted by Crippen LogP contribution is 2.34. The number of rotatable bonds is 5. The molecule has 0 aliphatic heterocycles. The average molecular weight is 431 g/mol. The minimum Gasteiger partial charge on any atom is -0.451 e. The zero-order chi connectivity index (χ0) is 22.1. The fraction of sp³-hybridized carbons (Fsp3) is 0.409. The van der Waals surface area contributed by atoms with Gasteiger partial charge in [-0.25, -0.2) is 9.78 Å². The number of amides is 1. The van der Waals surface area contributed by atoms with E-state index in [-0.39, 0.29) is 5.43 Å². The van der Waals surface area contributed by atoms with E-state index in [4.69, 9.17) is 13.6 Å². The second-order valence-electron chi connectivity index (χ2n) is 8.00. The molecule has 1 amide bonds. The lowest BCUT2D eigenvalue weighted by Crippen LogP contribution is -2.34. The molecule has 8 heteroatoms. The van der Waals surface area contributed by atoms with Crippen LogP contribution in [0.15, 0.2) is 43.5 Å². The lowest BCUT2D eigenvalue weighted by Gasteiger charge is -2.22. The van der Waals surface area contributed by atoms with Crippen molar-refractivity contribution in [3.05, 3.63) is 46.1 Å². The standard InChI is InChI=1S/C22H26N2O5S/c1-7-30-20-17(16-10-27-11-23-16)18(25)15-9-12(2)8-14(19(15)28-20)13(3)24-21(26)29-22(4,5)6/h8-11,13H,7H2,1-6H3,(H,24,26)/t13-/m1/s1. The Bertz CT molecular complexity index is 1110. The number of hydrogen-bond acceptors (Lipinski definition) is 7. The number of benzene rings is 1. The molecule has 0 unspecified atom stereocenters. The summed E-state index contributed by atoms with van der Waals surface area (Å²) in [4.78, 5) is 29.8. The van der Waals surface area contributed by atoms with Crippen molar-refractivity contribution in [2.24, 2.45) is 0 Å². The number of carbonyl (C=O) groups is 1. The molecule has 0 aliphatic rings. The molecule has 3 aromatic rings. The number of oxazole rings is 1. The van der Waals surface area contributed by atoms with E-state index < -0.39 is 17.7 Å². The van der Waals surface area contributed by atoms with Crippen LogP contribution >= 0.6 is 11.8 Å². The van der Waals surface area contributed by atoms with Crippen LogP contribution in [0.1, 0.15) is 51.8 Å². The average Bonchev–Trinajstić information content (AvgIpc) is 3.14. The number of nitrogens with one attached hydrogen (secondary N) is 1. The lowest BCUT2D eigenvalue weighted by molar-refractivity contribution is 0.0508. The summed E-state index contributed by atoms with van der Waals surface area (Å²) in [6, 6.07) is 3.26. The molecule has 2 heterocycles. The Balaban J connectivity index is 2.15. The van der Waals surface area contributed by atoms with Crippen LogP contribution in [0, 0.1) is 6.92 Å². The van der Waals surface area contributed by atoms with Crippen LogP contribution in [0.4, 0.5) is 4.79 Å². The van der Waals surface area contributed by atoms with Gasteiger partial charge in [0.05, 0.1) is 11.4 Å². The summed E-state index contributed by atoms with van der Waals surface area (Å²) in [5.74, 6) is 0.714. The summed E-state index contributed by atoms with van der Waals surface area (Å²) in [6.07, 6.45) is 2.18. The van der Waals surface area contributed by atoms with Gasteiger partial charge >= 0.3 is 6.09 Å². The van der Waals surface area contributed by atoms with E-state index in [9.17, 15) is 9.59 Å². The van der Waals surface area contributed by atoms with Gasteiger partial charge in [-0.15, -0.1) is 0 Å². The highest BCUT2D eigenvalue weighted by atomic mass is 32.2. The van der Waals surface area contributed by atoms with Gasteiger partial charge in [0.25, 0.3) is 0 Å². The van der Waals surface area contributed by atoms with Crippen LogP contribution in [0.3, 0.4) is 0 Å². The van der Waals surface area contributed by atoms with Crippen LogP contribution < -0.4 is 10.7 Å². The Hall–Kier alpha value is -2.74. The molecule has 30 heavy (non-hydrogen) atoms. The molecule has 0 spiro atoms. The third kappa shape index (κ3) is 4.70. The van der Waals surface area contributed by atoms with Gasteiger partial charge < -0.3 is 18.9 Å². The summed E-state index contributed by atoms with van der Waals surface area (Å²) in [6.45, 7) is 11.1. The highest BCUT2D eigenvalue weighted by molar-refractivity contribution is 7.99. The number of carbonyl (C=O) groups excluding carboxylic acids is 1. The van der Waals surface area contributed by atoms with Gasteiger partial charge in [-0.2, -0.15) is 0 Å². The Morgan fingerprint density at radius 1 is 1.33 bits per heavy atom. The van der Waals surface area contributed by atoms with Crippen molar-refractivity contribution in [1.29, 1.82) is 0 Å². The minimum atomic E-state index is -0.609. The maximum absolute atomic E-state index is 13.4. The van der Waals surface area contributed by atoms with E-state index >= 15 is 0 Å². The van der Waals surface area contributed by atoms with Gasteiger partial charge in [0, 0.05) is 5.56 Å². The highest BCUT2D eigenvalue weighted by Gasteiger charge is 2.24. The number of thioether (sulfide) groups is 1. The van der Waals surface area contributed by atoms with Gasteiger partial charge in [-0.3, -0.25) is 4.79 Å². The maximum atomic E-state index is 13.4. The largest absolute Gasteiger partial charge is 0.451 e. The zero-order valence-corrected chi connectivity index (χ0v) is 18.8. The zero-order valence-electron chi connectivity index (χ0n) is 18.0. The monoisotopic (exact) mass is 430 g/mol. The summed E-state index contributed by atoms with van der Waals surface area (Å²) < 4.78 is 16.7. The summed E-state index contributed by atoms with van der Waals surface area (Å²) in [7, 11) is 0. The van der Waals surface area contributed by atoms with Gasteiger partial charge in [-0.1, -0.05) is 24.8 Å². The number of alkyl carbamates (subject to hydrolysis) is 1. The summed E-state index contributed by atoms with van der Waals surface area (Å²) in [5.41, 5.74) is 2.05. The third-order valence-corrected chi connectivity index (χ3v) is 5.13. The fourth-order valence-electron chi connectivity index (χ4n) is 3.13. The van der Waals surface area contributed by atoms with Crippen LogP contribution in [-0.2, 0) is 4.74 Å². The topological polar surface area (TPSA) is 94.6 Å². The molecule has 0 saturated carbocycles. The number of hydrogen-bond donors (Lipinski definition) is 1. The molecule has 0 aliphatic carbocycles. The Morgan fingerprint density at radius 3 is 2.67 bits per heavy atom. The number of fused-ring (bicyclic) bond motifs is 1. The van der Waals surface area contributed by atoms with Gasteiger partial charge in [0.1, 0.15) is 28.7 Å². The van der Waals surface area contributed by atoms with Crippen molar-refractivity contribution in [2.45, 2.75) is 58.3 Å². The van der Waals surface area contributed by atoms with Crippen LogP contribution in [-0.4, -0.2) is 22.4 Å². The number of aromatic nitrogens is 1. The van der Waals surface area contributed by atoms with Crippen molar-refractivity contribution in [3.8, 4) is 11.3 Å². The predicted octanol–water partition coefficient (Wildman–Crippen LogP) is 5.45. The predicted molar refractivity (Wildman–Crippen MR) is 117 cm³/mol. The second kappa shape index (κ2) is 8.55. The molecular weight excluding hydrogens is 404 g/mol. The summed E-state index contributed by atoms with van der Waals surface area (Å²) >= 11 is 1.42. The number of ether oxygens (including phenoxy) is 1. The maximum Gasteiger partial charge on any atom is 0.408 e. The van der Waals surface area contributed by atoms with Gasteiger partial charge in [0.15, 0.2) is 11.5 Å². The Kier molecular flexibility index (Phi) is 6.26. The van der Waals surface area contributed by atoms with Crippen molar-refractivity contribution in [2.75, 3.05) is 5.75 Å². The van der Waals surface area contributed by atoms with Gasteiger partial charge in [-0.05, 0) is 52.0 Å². The summed E-state index contributed by atoms with van der Waals surface area (Å²) in [5, 5.41) is 3.73. The molecule has 160 valence electrons. The Labute approximate surface area is 179 Å². The first-order valence-corrected chi connectivity index (χ1v) is 10.7. The van der Waals surface area contributed by atoms with E-state index in [0.717, 1.165) is 5.56 Å². The van der Waals surface area contributed by atoms with Crippen LogP contribution in [0.25, 0.3) is 22.2 Å². The Morgan fingerprint density at radius 2 is 2.07 bits per heavy atom. The number of nitrogens with zero attached hydrogens (tertiary/aromatic N) is 1. The normalized spacial score (nSPS) is 12.7. The first-order chi connectivity index (χ1) is 14.1. The molecule has 0 radical (unpaired) electrons. The van der Waals surface area contributed by atoms with Crippen molar-refractivity contribution in [1.82, 2.24) is 10.3 Å². The molecule has 1 aromatic carbocycles. The molecule has 0 fully saturated rings. The molecule has 2 aromatic heterocycles. The lowest BCUT2D eigenvalue weighted by atomic mass is 10.0. The fourth-order valence-corrected chi connectivity index (χ4v) is 3.87. The second-order valence-corrected chi connectivity index (χ2v) is 9.24. The van der Waals surface area contributed by atoms with E-state index in [2.05, 4.69) is 10.3 Å². The van der Waals surface area contributed by atoms with Crippen molar-refractivity contribution in [3.63, 3.8) is 0 Å². The molecule has 0 saturated heterocycles. The number of aryl methyl sites for hydroxylation is 1. The van der Waals surface area contributed by atoms with E-state index in [0.29, 0.717) is 38.6 Å². The molecule has 1 N–H and O–H groups in total. The minimum absolute atomic E-state index is 0.185. The van der Waals surface area contributed by atoms with Gasteiger partial charge in [0.2, 0.25) is 5.43 Å². The molecule has 7 nitrogen and oxygen atoms in total. The third-order valence-electron chi connectivity index (χ3n) is 4.30. The SMILES string of the molecule is CCSc1oc2c([C@@H](C)NC(=O)OC(C)(C)C)cc(C)cc2c(=O)c1-c1cocn1. The van der Waals surface area contributed by atoms with Crippen molar-refractivity contribution >= 4 is 28.8 Å². The van der Waals surface area contributed by atoms with E-state index in [1.54, 1.807) is 26.8 Å². The van der Waals surface area contributed by atoms with Crippen LogP contribution in [0.5, 0.6) is 0 Å². The van der Waals surface area contributed by atoms with Crippen LogP contribution in [0.2, 0.25) is 0 Å². The van der Waals surface area contributed by atoms with E-state index in [1.165, 1.54) is 24.4 Å². The smallest absolute Gasteiger partial charge is 0.408 e. The quantitative estimate of drug-likeness (QED) is 0.538. The molecule has 1 atom stereocenters. The first-order valence-electron chi connectivity index (χ1n) is 9.73. The first kappa shape index (κ1) is 22.0. The molecule has 3 rings (SSSR count). The van der Waals surface area contributed by atoms with Crippen molar-refractivity contribution < 1.29 is 18.4 Å². The molecular formula is C22H26N2O5S.